The Morgan fingerprint density at radius 2 is 1.76 bits per heavy atom. The number of ether oxygens (including phenoxy) is 2. The van der Waals surface area contributed by atoms with E-state index in [0.29, 0.717) is 11.3 Å². The minimum Gasteiger partial charge on any atom is -0.453 e. The van der Waals surface area contributed by atoms with Gasteiger partial charge in [0.1, 0.15) is 11.6 Å². The van der Waals surface area contributed by atoms with Gasteiger partial charge in [-0.3, -0.25) is 9.59 Å². The summed E-state index contributed by atoms with van der Waals surface area (Å²) in [7, 11) is 0. The van der Waals surface area contributed by atoms with Gasteiger partial charge < -0.3 is 19.2 Å². The van der Waals surface area contributed by atoms with Gasteiger partial charge in [0.15, 0.2) is 17.8 Å². The standard InChI is InChI=1S/C22H18F4N2O5/c1-13(21(30)28-16-6-8-17(9-7-16)33-22(24,25)26)31-20(29)11-10-19-27-12-18(32-19)14-2-4-15(23)5-3-14/h2-9,12-13H,10-11H2,1H3,(H,28,30). The van der Waals surface area contributed by atoms with Crippen LogP contribution >= 0.6 is 0 Å². The van der Waals surface area contributed by atoms with Crippen LogP contribution in [0.15, 0.2) is 59.1 Å². The molecule has 1 heterocycles. The molecule has 0 fully saturated rings. The zero-order valence-electron chi connectivity index (χ0n) is 17.2. The van der Waals surface area contributed by atoms with Gasteiger partial charge in [-0.15, -0.1) is 13.2 Å². The van der Waals surface area contributed by atoms with Crippen LogP contribution in [0.2, 0.25) is 0 Å². The number of oxazole rings is 1. The Bertz CT molecular complexity index is 1100. The van der Waals surface area contributed by atoms with Crippen LogP contribution in [0.4, 0.5) is 23.2 Å². The molecule has 1 amide bonds. The minimum atomic E-state index is -4.82. The molecule has 0 spiro atoms. The molecule has 7 nitrogen and oxygen atoms in total. The van der Waals surface area contributed by atoms with Crippen molar-refractivity contribution in [2.24, 2.45) is 0 Å². The van der Waals surface area contributed by atoms with E-state index in [2.05, 4.69) is 15.0 Å². The van der Waals surface area contributed by atoms with Gasteiger partial charge in [-0.2, -0.15) is 0 Å². The highest BCUT2D eigenvalue weighted by Gasteiger charge is 2.31. The van der Waals surface area contributed by atoms with Crippen molar-refractivity contribution in [3.63, 3.8) is 0 Å². The third-order valence-electron chi connectivity index (χ3n) is 4.26. The molecule has 0 saturated carbocycles. The Morgan fingerprint density at radius 3 is 2.39 bits per heavy atom. The summed E-state index contributed by atoms with van der Waals surface area (Å²) in [5, 5.41) is 2.43. The second kappa shape index (κ2) is 10.2. The number of benzene rings is 2. The van der Waals surface area contributed by atoms with E-state index in [-0.39, 0.29) is 30.2 Å². The van der Waals surface area contributed by atoms with Gasteiger partial charge in [-0.25, -0.2) is 9.37 Å². The van der Waals surface area contributed by atoms with Gasteiger partial charge in [-0.05, 0) is 55.5 Å². The Labute approximate surface area is 185 Å². The highest BCUT2D eigenvalue weighted by molar-refractivity contribution is 5.95. The largest absolute Gasteiger partial charge is 0.573 e. The third kappa shape index (κ3) is 7.34. The zero-order valence-corrected chi connectivity index (χ0v) is 17.2. The number of hydrogen-bond acceptors (Lipinski definition) is 6. The molecule has 1 atom stereocenters. The maximum absolute atomic E-state index is 13.0. The molecule has 33 heavy (non-hydrogen) atoms. The lowest BCUT2D eigenvalue weighted by atomic mass is 10.2. The van der Waals surface area contributed by atoms with Crippen LogP contribution in [0.5, 0.6) is 5.75 Å². The third-order valence-corrected chi connectivity index (χ3v) is 4.26. The normalized spacial score (nSPS) is 12.2. The van der Waals surface area contributed by atoms with Gasteiger partial charge >= 0.3 is 12.3 Å². The number of halogens is 4. The molecular weight excluding hydrogens is 448 g/mol. The van der Waals surface area contributed by atoms with Crippen LogP contribution < -0.4 is 10.1 Å². The molecule has 0 radical (unpaired) electrons. The molecule has 1 aromatic heterocycles. The topological polar surface area (TPSA) is 90.7 Å². The van der Waals surface area contributed by atoms with Crippen molar-refractivity contribution >= 4 is 17.6 Å². The minimum absolute atomic E-state index is 0.107. The summed E-state index contributed by atoms with van der Waals surface area (Å²) in [6.07, 6.45) is -4.50. The Hall–Kier alpha value is -3.89. The fourth-order valence-corrected chi connectivity index (χ4v) is 2.68. The van der Waals surface area contributed by atoms with Gasteiger partial charge in [0.05, 0.1) is 12.6 Å². The van der Waals surface area contributed by atoms with Crippen molar-refractivity contribution in [3.05, 3.63) is 66.4 Å². The average Bonchev–Trinajstić information content (AvgIpc) is 3.22. The van der Waals surface area contributed by atoms with Crippen molar-refractivity contribution in [2.75, 3.05) is 5.32 Å². The second-order valence-corrected chi connectivity index (χ2v) is 6.82. The first-order chi connectivity index (χ1) is 15.6. The van der Waals surface area contributed by atoms with Crippen molar-refractivity contribution < 1.29 is 41.0 Å². The Kier molecular flexibility index (Phi) is 7.31. The van der Waals surface area contributed by atoms with E-state index in [1.165, 1.54) is 49.5 Å². The number of hydrogen-bond donors (Lipinski definition) is 1. The SMILES string of the molecule is CC(OC(=O)CCc1ncc(-c2ccc(F)cc2)o1)C(=O)Nc1ccc(OC(F)(F)F)cc1. The van der Waals surface area contributed by atoms with E-state index in [9.17, 15) is 27.2 Å². The molecule has 3 aromatic rings. The number of nitrogens with one attached hydrogen (secondary N) is 1. The molecule has 1 N–H and O–H groups in total. The molecule has 174 valence electrons. The summed E-state index contributed by atoms with van der Waals surface area (Å²) in [4.78, 5) is 28.3. The molecule has 3 rings (SSSR count). The summed E-state index contributed by atoms with van der Waals surface area (Å²) < 4.78 is 63.9. The molecule has 0 aliphatic heterocycles. The maximum Gasteiger partial charge on any atom is 0.573 e. The van der Waals surface area contributed by atoms with Crippen LogP contribution in [-0.4, -0.2) is 29.3 Å². The summed E-state index contributed by atoms with van der Waals surface area (Å²) in [5.74, 6) is -1.47. The molecule has 11 heteroatoms. The van der Waals surface area contributed by atoms with Crippen molar-refractivity contribution in [3.8, 4) is 17.1 Å². The number of aromatic nitrogens is 1. The van der Waals surface area contributed by atoms with E-state index in [1.54, 1.807) is 0 Å². The van der Waals surface area contributed by atoms with E-state index in [0.717, 1.165) is 12.1 Å². The van der Waals surface area contributed by atoms with Crippen LogP contribution in [0.25, 0.3) is 11.3 Å². The summed E-state index contributed by atoms with van der Waals surface area (Å²) in [6.45, 7) is 1.35. The van der Waals surface area contributed by atoms with Crippen LogP contribution in [0.1, 0.15) is 19.2 Å². The lowest BCUT2D eigenvalue weighted by molar-refractivity contribution is -0.274. The van der Waals surface area contributed by atoms with Gasteiger partial charge in [0, 0.05) is 17.7 Å². The molecule has 2 aromatic carbocycles. The van der Waals surface area contributed by atoms with Crippen molar-refractivity contribution in [1.29, 1.82) is 0 Å². The average molecular weight is 466 g/mol. The zero-order chi connectivity index (χ0) is 24.0. The number of aryl methyl sites for hydroxylation is 1. The second-order valence-electron chi connectivity index (χ2n) is 6.82. The number of nitrogens with zero attached hydrogens (tertiary/aromatic N) is 1. The van der Waals surface area contributed by atoms with Crippen molar-refractivity contribution in [2.45, 2.75) is 32.2 Å². The smallest absolute Gasteiger partial charge is 0.453 e. The fraction of sp³-hybridized carbons (Fsp3) is 0.227. The van der Waals surface area contributed by atoms with E-state index in [4.69, 9.17) is 9.15 Å². The maximum atomic E-state index is 13.0. The quantitative estimate of drug-likeness (QED) is 0.376. The summed E-state index contributed by atoms with van der Waals surface area (Å²) in [6, 6.07) is 10.1. The fourth-order valence-electron chi connectivity index (χ4n) is 2.68. The first-order valence-corrected chi connectivity index (χ1v) is 9.66. The lowest BCUT2D eigenvalue weighted by Crippen LogP contribution is -2.30. The predicted molar refractivity (Wildman–Crippen MR) is 108 cm³/mol. The number of carbonyl (C=O) groups excluding carboxylic acids is 2. The summed E-state index contributed by atoms with van der Waals surface area (Å²) in [5.41, 5.74) is 0.826. The number of amides is 1. The molecule has 0 aliphatic carbocycles. The summed E-state index contributed by atoms with van der Waals surface area (Å²) >= 11 is 0. The number of anilines is 1. The monoisotopic (exact) mass is 466 g/mol. The molecule has 1 unspecified atom stereocenters. The van der Waals surface area contributed by atoms with E-state index in [1.807, 2.05) is 0 Å². The van der Waals surface area contributed by atoms with Crippen molar-refractivity contribution in [1.82, 2.24) is 4.98 Å². The highest BCUT2D eigenvalue weighted by atomic mass is 19.4. The van der Waals surface area contributed by atoms with E-state index < -0.39 is 30.1 Å². The Morgan fingerprint density at radius 1 is 1.09 bits per heavy atom. The van der Waals surface area contributed by atoms with Gasteiger partial charge in [0.2, 0.25) is 0 Å². The van der Waals surface area contributed by atoms with E-state index >= 15 is 0 Å². The molecular formula is C22H18F4N2O5. The molecule has 0 aliphatic rings. The number of carbonyl (C=O) groups is 2. The number of esters is 1. The number of rotatable bonds is 8. The highest BCUT2D eigenvalue weighted by Crippen LogP contribution is 2.24. The first kappa shape index (κ1) is 23.8. The van der Waals surface area contributed by atoms with Gasteiger partial charge in [-0.1, -0.05) is 0 Å². The number of alkyl halides is 3. The van der Waals surface area contributed by atoms with Crippen LogP contribution in [0.3, 0.4) is 0 Å². The first-order valence-electron chi connectivity index (χ1n) is 9.66. The van der Waals surface area contributed by atoms with Crippen LogP contribution in [-0.2, 0) is 20.7 Å². The molecule has 0 saturated heterocycles. The lowest BCUT2D eigenvalue weighted by Gasteiger charge is -2.14. The molecule has 0 bridgehead atoms. The van der Waals surface area contributed by atoms with Gasteiger partial charge in [0.25, 0.3) is 5.91 Å². The Balaban J connectivity index is 1.45. The van der Waals surface area contributed by atoms with Crippen LogP contribution in [0, 0.1) is 5.82 Å². The predicted octanol–water partition coefficient (Wildman–Crippen LogP) is 4.88.